The van der Waals surface area contributed by atoms with E-state index < -0.39 is 16.8 Å². The number of nitriles is 1. The fourth-order valence-corrected chi connectivity index (χ4v) is 3.62. The summed E-state index contributed by atoms with van der Waals surface area (Å²) in [5, 5.41) is 19.0. The van der Waals surface area contributed by atoms with E-state index in [4.69, 9.17) is 34.8 Å². The zero-order chi connectivity index (χ0) is 21.0. The highest BCUT2D eigenvalue weighted by molar-refractivity contribution is 6.49. The predicted molar refractivity (Wildman–Crippen MR) is 113 cm³/mol. The number of anilines is 1. The molecule has 0 saturated carbocycles. The van der Waals surface area contributed by atoms with Crippen LogP contribution in [-0.2, 0) is 0 Å². The Hall–Kier alpha value is -2.24. The number of carbonyl (C=O) groups excluding carboxylic acids is 1. The molecule has 3 rings (SSSR count). The van der Waals surface area contributed by atoms with E-state index in [9.17, 15) is 10.1 Å². The van der Waals surface area contributed by atoms with E-state index in [-0.39, 0.29) is 5.91 Å². The van der Waals surface area contributed by atoms with Crippen molar-refractivity contribution in [3.8, 4) is 6.19 Å². The van der Waals surface area contributed by atoms with Gasteiger partial charge in [0, 0.05) is 16.8 Å². The number of amides is 1. The molecule has 2 N–H and O–H groups in total. The zero-order valence-corrected chi connectivity index (χ0v) is 17.8. The standard InChI is InChI=1S/C19H19Cl3N6O/c1-2-9-19(21,22)17(25-16(29)13-5-7-14(20)8-6-13)26-18-27(12-23)28(18)15-4-3-10-24-11-15/h3-8,10-11,17-18,26H,2,9H2,1H3,(H,25,29). The maximum Gasteiger partial charge on any atom is 0.252 e. The van der Waals surface area contributed by atoms with Gasteiger partial charge in [0.1, 0.15) is 6.17 Å². The van der Waals surface area contributed by atoms with Crippen molar-refractivity contribution in [2.75, 3.05) is 5.01 Å². The number of nitrogens with one attached hydrogen (secondary N) is 2. The predicted octanol–water partition coefficient (Wildman–Crippen LogP) is 3.86. The summed E-state index contributed by atoms with van der Waals surface area (Å²) in [6, 6.07) is 10.1. The molecule has 1 aromatic heterocycles. The average molecular weight is 454 g/mol. The van der Waals surface area contributed by atoms with E-state index in [2.05, 4.69) is 21.8 Å². The number of alkyl halides is 2. The van der Waals surface area contributed by atoms with Crippen LogP contribution >= 0.6 is 34.8 Å². The molecule has 10 heteroatoms. The van der Waals surface area contributed by atoms with E-state index in [1.807, 2.05) is 13.0 Å². The normalized spacial score (nSPS) is 16.9. The molecular formula is C19H19Cl3N6O. The molecule has 1 aliphatic rings. The second-order valence-electron chi connectivity index (χ2n) is 6.47. The molecule has 7 nitrogen and oxygen atoms in total. The lowest BCUT2D eigenvalue weighted by Gasteiger charge is -2.31. The number of rotatable bonds is 8. The van der Waals surface area contributed by atoms with Gasteiger partial charge in [-0.25, -0.2) is 5.01 Å². The van der Waals surface area contributed by atoms with Gasteiger partial charge in [-0.15, -0.1) is 0 Å². The van der Waals surface area contributed by atoms with Crippen LogP contribution in [0.1, 0.15) is 30.1 Å². The SMILES string of the molecule is CCCC(Cl)(Cl)C(NC(=O)c1ccc(Cl)cc1)NC1N(C#N)N1c1cccnc1. The number of carbonyl (C=O) groups is 1. The number of hydrogen-bond donors (Lipinski definition) is 2. The van der Waals surface area contributed by atoms with Gasteiger partial charge in [0.25, 0.3) is 5.91 Å². The summed E-state index contributed by atoms with van der Waals surface area (Å²) in [4.78, 5) is 16.8. The third kappa shape index (κ3) is 5.03. The Labute approximate surface area is 184 Å². The summed E-state index contributed by atoms with van der Waals surface area (Å²) in [7, 11) is 0. The summed E-state index contributed by atoms with van der Waals surface area (Å²) < 4.78 is -1.29. The third-order valence-corrected chi connectivity index (χ3v) is 5.42. The maximum absolute atomic E-state index is 12.7. The van der Waals surface area contributed by atoms with Crippen LogP contribution in [0.4, 0.5) is 5.69 Å². The van der Waals surface area contributed by atoms with Gasteiger partial charge in [0.05, 0.1) is 11.9 Å². The van der Waals surface area contributed by atoms with Gasteiger partial charge < -0.3 is 5.32 Å². The second-order valence-corrected chi connectivity index (χ2v) is 8.44. The molecule has 1 fully saturated rings. The lowest BCUT2D eigenvalue weighted by molar-refractivity contribution is 0.0921. The van der Waals surface area contributed by atoms with E-state index >= 15 is 0 Å². The van der Waals surface area contributed by atoms with Gasteiger partial charge in [-0.3, -0.25) is 15.1 Å². The molecule has 1 aliphatic heterocycles. The van der Waals surface area contributed by atoms with Gasteiger partial charge in [0.2, 0.25) is 12.5 Å². The van der Waals surface area contributed by atoms with Crippen molar-refractivity contribution in [1.82, 2.24) is 20.6 Å². The minimum absolute atomic E-state index is 0.363. The Morgan fingerprint density at radius 3 is 2.66 bits per heavy atom. The van der Waals surface area contributed by atoms with Crippen LogP contribution in [-0.4, -0.2) is 32.7 Å². The van der Waals surface area contributed by atoms with Crippen molar-refractivity contribution in [2.24, 2.45) is 0 Å². The first-order valence-corrected chi connectivity index (χ1v) is 10.1. The average Bonchev–Trinajstić information content (AvgIpc) is 3.41. The first-order valence-electron chi connectivity index (χ1n) is 8.96. The summed E-state index contributed by atoms with van der Waals surface area (Å²) in [5.74, 6) is -0.363. The molecule has 0 radical (unpaired) electrons. The Balaban J connectivity index is 1.78. The first kappa shape index (κ1) is 21.5. The summed E-state index contributed by atoms with van der Waals surface area (Å²) in [6.07, 6.45) is 5.15. The van der Waals surface area contributed by atoms with Gasteiger partial charge in [0.15, 0.2) is 4.33 Å². The van der Waals surface area contributed by atoms with Gasteiger partial charge >= 0.3 is 0 Å². The number of benzene rings is 1. The molecule has 0 bridgehead atoms. The molecule has 2 aromatic rings. The Morgan fingerprint density at radius 2 is 2.07 bits per heavy atom. The molecular weight excluding hydrogens is 435 g/mol. The summed E-state index contributed by atoms with van der Waals surface area (Å²) >= 11 is 19.0. The second kappa shape index (κ2) is 9.06. The molecule has 2 atom stereocenters. The number of halogens is 3. The van der Waals surface area contributed by atoms with Crippen LogP contribution in [0.2, 0.25) is 5.02 Å². The van der Waals surface area contributed by atoms with E-state index in [0.717, 1.165) is 5.69 Å². The monoisotopic (exact) mass is 452 g/mol. The molecule has 1 amide bonds. The van der Waals surface area contributed by atoms with E-state index in [1.165, 1.54) is 5.01 Å². The lowest BCUT2D eigenvalue weighted by atomic mass is 10.1. The Morgan fingerprint density at radius 1 is 1.34 bits per heavy atom. The van der Waals surface area contributed by atoms with Crippen molar-refractivity contribution in [2.45, 2.75) is 36.6 Å². The smallest absolute Gasteiger partial charge is 0.252 e. The highest BCUT2D eigenvalue weighted by atomic mass is 35.5. The van der Waals surface area contributed by atoms with Crippen molar-refractivity contribution >= 4 is 46.4 Å². The van der Waals surface area contributed by atoms with Crippen LogP contribution in [0.5, 0.6) is 0 Å². The van der Waals surface area contributed by atoms with Gasteiger partial charge in [-0.05, 0) is 42.8 Å². The molecule has 0 spiro atoms. The van der Waals surface area contributed by atoms with Gasteiger partial charge in [-0.2, -0.15) is 10.3 Å². The Kier molecular flexibility index (Phi) is 6.70. The van der Waals surface area contributed by atoms with E-state index in [0.29, 0.717) is 23.4 Å². The van der Waals surface area contributed by atoms with Crippen molar-refractivity contribution in [3.05, 3.63) is 59.4 Å². The van der Waals surface area contributed by atoms with Crippen molar-refractivity contribution in [1.29, 1.82) is 5.26 Å². The van der Waals surface area contributed by atoms with Crippen LogP contribution < -0.4 is 15.6 Å². The third-order valence-electron chi connectivity index (χ3n) is 4.36. The first-order chi connectivity index (χ1) is 13.9. The molecule has 2 unspecified atom stereocenters. The number of aromatic nitrogens is 1. The number of hydrazine groups is 1. The molecule has 152 valence electrons. The van der Waals surface area contributed by atoms with Gasteiger partial charge in [-0.1, -0.05) is 48.1 Å². The summed E-state index contributed by atoms with van der Waals surface area (Å²) in [5.41, 5.74) is 1.14. The summed E-state index contributed by atoms with van der Waals surface area (Å²) in [6.45, 7) is 1.94. The van der Waals surface area contributed by atoms with Crippen molar-refractivity contribution in [3.63, 3.8) is 0 Å². The van der Waals surface area contributed by atoms with Crippen LogP contribution in [0.25, 0.3) is 0 Å². The maximum atomic E-state index is 12.7. The number of nitrogens with zero attached hydrogens (tertiary/aromatic N) is 4. The van der Waals surface area contributed by atoms with E-state index in [1.54, 1.807) is 47.7 Å². The number of pyridine rings is 1. The van der Waals surface area contributed by atoms with Crippen LogP contribution in [0.3, 0.4) is 0 Å². The highest BCUT2D eigenvalue weighted by Gasteiger charge is 2.50. The molecule has 1 aromatic carbocycles. The van der Waals surface area contributed by atoms with Crippen LogP contribution in [0.15, 0.2) is 48.8 Å². The molecule has 2 heterocycles. The minimum atomic E-state index is -1.29. The Bertz CT molecular complexity index is 887. The molecule has 1 saturated heterocycles. The largest absolute Gasteiger partial charge is 0.334 e. The number of hydrogen-bond acceptors (Lipinski definition) is 6. The fourth-order valence-electron chi connectivity index (χ4n) is 2.88. The van der Waals surface area contributed by atoms with Crippen LogP contribution in [0, 0.1) is 11.5 Å². The topological polar surface area (TPSA) is 83.8 Å². The fraction of sp³-hybridized carbons (Fsp3) is 0.316. The zero-order valence-electron chi connectivity index (χ0n) is 15.5. The van der Waals surface area contributed by atoms with Crippen molar-refractivity contribution < 1.29 is 4.79 Å². The lowest BCUT2D eigenvalue weighted by Crippen LogP contribution is -2.57. The highest BCUT2D eigenvalue weighted by Crippen LogP contribution is 2.35. The quantitative estimate of drug-likeness (QED) is 0.273. The molecule has 29 heavy (non-hydrogen) atoms. The molecule has 0 aliphatic carbocycles. The minimum Gasteiger partial charge on any atom is -0.334 e.